The first-order valence-electron chi connectivity index (χ1n) is 7.52. The Hall–Kier alpha value is -1.30. The smallest absolute Gasteiger partial charge is 0.411 e. The third kappa shape index (κ3) is 3.67. The third-order valence-electron chi connectivity index (χ3n) is 3.89. The number of rotatable bonds is 1. The van der Waals surface area contributed by atoms with Crippen LogP contribution in [0.2, 0.25) is 0 Å². The molecule has 3 atom stereocenters. The average Bonchev–Trinajstić information content (AvgIpc) is 2.59. The summed E-state index contributed by atoms with van der Waals surface area (Å²) in [6.45, 7) is 6.53. The van der Waals surface area contributed by atoms with Crippen LogP contribution in [0.25, 0.3) is 0 Å². The number of amides is 1. The van der Waals surface area contributed by atoms with Gasteiger partial charge in [0.1, 0.15) is 5.60 Å². The van der Waals surface area contributed by atoms with Crippen LogP contribution in [0.3, 0.4) is 0 Å². The zero-order valence-electron chi connectivity index (χ0n) is 13.3. The first-order valence-corrected chi connectivity index (χ1v) is 7.52. The van der Waals surface area contributed by atoms with Gasteiger partial charge in [-0.25, -0.2) is 9.59 Å². The Labute approximate surface area is 125 Å². The van der Waals surface area contributed by atoms with E-state index in [4.69, 9.17) is 14.2 Å². The molecule has 0 N–H and O–H groups in total. The van der Waals surface area contributed by atoms with Gasteiger partial charge in [0.25, 0.3) is 0 Å². The zero-order valence-corrected chi connectivity index (χ0v) is 13.3. The van der Waals surface area contributed by atoms with Crippen molar-refractivity contribution < 1.29 is 23.8 Å². The molecule has 0 radical (unpaired) electrons. The summed E-state index contributed by atoms with van der Waals surface area (Å²) >= 11 is 0. The third-order valence-corrected chi connectivity index (χ3v) is 3.89. The van der Waals surface area contributed by atoms with Gasteiger partial charge in [-0.2, -0.15) is 0 Å². The molecule has 0 bridgehead atoms. The van der Waals surface area contributed by atoms with Crippen LogP contribution in [0.5, 0.6) is 0 Å². The molecule has 0 aromatic heterocycles. The number of methoxy groups -OCH3 is 1. The van der Waals surface area contributed by atoms with Gasteiger partial charge >= 0.3 is 12.1 Å². The van der Waals surface area contributed by atoms with Crippen molar-refractivity contribution in [1.82, 2.24) is 4.90 Å². The Morgan fingerprint density at radius 3 is 2.57 bits per heavy atom. The highest BCUT2D eigenvalue weighted by molar-refractivity contribution is 5.83. The van der Waals surface area contributed by atoms with E-state index in [0.29, 0.717) is 13.2 Å². The number of ether oxygens (including phenoxy) is 3. The van der Waals surface area contributed by atoms with Crippen molar-refractivity contribution in [3.8, 4) is 0 Å². The minimum Gasteiger partial charge on any atom is -0.467 e. The number of fused-ring (bicyclic) bond motifs is 1. The molecule has 0 aromatic rings. The zero-order chi connectivity index (χ0) is 15.6. The van der Waals surface area contributed by atoms with Crippen LogP contribution in [0.4, 0.5) is 4.79 Å². The lowest BCUT2D eigenvalue weighted by atomic mass is 9.97. The summed E-state index contributed by atoms with van der Waals surface area (Å²) in [6.07, 6.45) is 2.24. The number of nitrogens with zero attached hydrogens (tertiary/aromatic N) is 1. The van der Waals surface area contributed by atoms with Crippen LogP contribution in [0.15, 0.2) is 0 Å². The second-order valence-corrected chi connectivity index (χ2v) is 6.69. The van der Waals surface area contributed by atoms with Gasteiger partial charge in [0.15, 0.2) is 6.04 Å². The lowest BCUT2D eigenvalue weighted by molar-refractivity contribution is -0.150. The molecule has 2 aliphatic rings. The number of hydrogen-bond acceptors (Lipinski definition) is 5. The molecular weight excluding hydrogens is 274 g/mol. The predicted octanol–water partition coefficient (Wildman–Crippen LogP) is 1.96. The Kier molecular flexibility index (Phi) is 4.76. The Morgan fingerprint density at radius 1 is 1.24 bits per heavy atom. The maximum atomic E-state index is 12.4. The molecule has 1 amide bonds. The number of likely N-dealkylation sites (tertiary alicyclic amines) is 1. The fourth-order valence-electron chi connectivity index (χ4n) is 3.01. The van der Waals surface area contributed by atoms with E-state index < -0.39 is 23.7 Å². The van der Waals surface area contributed by atoms with Crippen molar-refractivity contribution in [3.63, 3.8) is 0 Å². The van der Waals surface area contributed by atoms with E-state index in [2.05, 4.69) is 0 Å². The monoisotopic (exact) mass is 299 g/mol. The average molecular weight is 299 g/mol. The quantitative estimate of drug-likeness (QED) is 0.693. The number of esters is 1. The second kappa shape index (κ2) is 6.22. The first kappa shape index (κ1) is 16.1. The largest absolute Gasteiger partial charge is 0.467 e. The van der Waals surface area contributed by atoms with Gasteiger partial charge in [-0.1, -0.05) is 6.42 Å². The normalized spacial score (nSPS) is 29.5. The fraction of sp³-hybridized carbons (Fsp3) is 0.867. The van der Waals surface area contributed by atoms with Gasteiger partial charge in [0.2, 0.25) is 0 Å². The number of hydrogen-bond donors (Lipinski definition) is 0. The Morgan fingerprint density at radius 2 is 1.95 bits per heavy atom. The maximum absolute atomic E-state index is 12.4. The second-order valence-electron chi connectivity index (χ2n) is 6.69. The number of carbonyl (C=O) groups excluding carboxylic acids is 2. The summed E-state index contributed by atoms with van der Waals surface area (Å²) in [7, 11) is 1.33. The molecule has 6 nitrogen and oxygen atoms in total. The van der Waals surface area contributed by atoms with Crippen LogP contribution < -0.4 is 0 Å². The highest BCUT2D eigenvalue weighted by Crippen LogP contribution is 2.34. The molecule has 2 saturated heterocycles. The lowest BCUT2D eigenvalue weighted by Gasteiger charge is -2.28. The summed E-state index contributed by atoms with van der Waals surface area (Å²) in [5.74, 6) is -0.264. The maximum Gasteiger partial charge on any atom is 0.411 e. The molecule has 0 spiro atoms. The minimum absolute atomic E-state index is 0.170. The van der Waals surface area contributed by atoms with Gasteiger partial charge in [0, 0.05) is 19.1 Å². The molecule has 2 rings (SSSR count). The molecule has 0 saturated carbocycles. The van der Waals surface area contributed by atoms with Crippen LogP contribution >= 0.6 is 0 Å². The van der Waals surface area contributed by atoms with E-state index in [0.717, 1.165) is 19.3 Å². The summed E-state index contributed by atoms with van der Waals surface area (Å²) in [6, 6.07) is -0.701. The summed E-state index contributed by atoms with van der Waals surface area (Å²) in [5.41, 5.74) is -0.594. The summed E-state index contributed by atoms with van der Waals surface area (Å²) in [5, 5.41) is 0. The molecule has 120 valence electrons. The van der Waals surface area contributed by atoms with E-state index in [1.165, 1.54) is 12.0 Å². The van der Waals surface area contributed by atoms with Crippen molar-refractivity contribution in [1.29, 1.82) is 0 Å². The van der Waals surface area contributed by atoms with E-state index in [1.807, 2.05) is 20.8 Å². The highest BCUT2D eigenvalue weighted by Gasteiger charge is 2.50. The standard InChI is InChI=1S/C15H25NO5/c1-15(2,3)21-14(18)16-9-10-7-5-6-8-20-12(10)11(16)13(17)19-4/h10-12H,5-9H2,1-4H3/t10-,11?,12?/m0/s1. The van der Waals surface area contributed by atoms with E-state index >= 15 is 0 Å². The van der Waals surface area contributed by atoms with Gasteiger partial charge in [-0.05, 0) is 33.6 Å². The molecule has 21 heavy (non-hydrogen) atoms. The molecule has 2 unspecified atom stereocenters. The highest BCUT2D eigenvalue weighted by atomic mass is 16.6. The minimum atomic E-state index is -0.701. The fourth-order valence-corrected chi connectivity index (χ4v) is 3.01. The number of carbonyl (C=O) groups is 2. The van der Waals surface area contributed by atoms with E-state index in [1.54, 1.807) is 0 Å². The Balaban J connectivity index is 2.19. The molecule has 2 heterocycles. The summed E-state index contributed by atoms with van der Waals surface area (Å²) < 4.78 is 16.1. The topological polar surface area (TPSA) is 65.1 Å². The van der Waals surface area contributed by atoms with Gasteiger partial charge < -0.3 is 14.2 Å². The molecular formula is C15H25NO5. The van der Waals surface area contributed by atoms with Crippen LogP contribution in [-0.4, -0.2) is 55.0 Å². The van der Waals surface area contributed by atoms with E-state index in [-0.39, 0.29) is 12.0 Å². The van der Waals surface area contributed by atoms with Crippen molar-refractivity contribution in [3.05, 3.63) is 0 Å². The lowest BCUT2D eigenvalue weighted by Crippen LogP contribution is -2.48. The van der Waals surface area contributed by atoms with Crippen LogP contribution in [-0.2, 0) is 19.0 Å². The first-order chi connectivity index (χ1) is 9.83. The van der Waals surface area contributed by atoms with Crippen LogP contribution in [0.1, 0.15) is 40.0 Å². The SMILES string of the molecule is COC(=O)C1C2OCCCC[C@H]2CN1C(=O)OC(C)(C)C. The van der Waals surface area contributed by atoms with Crippen molar-refractivity contribution in [2.24, 2.45) is 5.92 Å². The van der Waals surface area contributed by atoms with E-state index in [9.17, 15) is 9.59 Å². The predicted molar refractivity (Wildman–Crippen MR) is 75.8 cm³/mol. The molecule has 2 fully saturated rings. The molecule has 0 aliphatic carbocycles. The molecule has 0 aromatic carbocycles. The summed E-state index contributed by atoms with van der Waals surface area (Å²) in [4.78, 5) is 25.9. The van der Waals surface area contributed by atoms with Crippen molar-refractivity contribution in [2.75, 3.05) is 20.3 Å². The van der Waals surface area contributed by atoms with Gasteiger partial charge in [-0.15, -0.1) is 0 Å². The van der Waals surface area contributed by atoms with Crippen LogP contribution in [0, 0.1) is 5.92 Å². The van der Waals surface area contributed by atoms with Gasteiger partial charge in [-0.3, -0.25) is 4.90 Å². The molecule has 6 heteroatoms. The molecule has 2 aliphatic heterocycles. The van der Waals surface area contributed by atoms with Crippen molar-refractivity contribution in [2.45, 2.75) is 57.8 Å². The van der Waals surface area contributed by atoms with Gasteiger partial charge in [0.05, 0.1) is 13.2 Å². The van der Waals surface area contributed by atoms with Crippen molar-refractivity contribution >= 4 is 12.1 Å². The Bertz CT molecular complexity index is 403.